The monoisotopic (exact) mass is 182 g/mol. The average molecular weight is 182 g/mol. The van der Waals surface area contributed by atoms with E-state index in [1.54, 1.807) is 0 Å². The fraction of sp³-hybridized carbons (Fsp3) is 1.00. The third-order valence-corrected chi connectivity index (χ3v) is 4.50. The fourth-order valence-corrected chi connectivity index (χ4v) is 3.31. The zero-order valence-corrected chi connectivity index (χ0v) is 8.92. The molecule has 3 atom stereocenters. The Hall–Kier alpha value is -0.0400. The summed E-state index contributed by atoms with van der Waals surface area (Å²) in [6.07, 6.45) is 7.85. The van der Waals surface area contributed by atoms with Gasteiger partial charge in [-0.3, -0.25) is 0 Å². The highest BCUT2D eigenvalue weighted by Crippen LogP contribution is 2.60. The molecule has 0 saturated heterocycles. The standard InChI is InChI=1S/C12H22O/c1-3-5-9(2)10-8-12(11(10)13)6-4-7-12/h9-11,13H,3-8H2,1-2H3. The summed E-state index contributed by atoms with van der Waals surface area (Å²) in [4.78, 5) is 0. The summed E-state index contributed by atoms with van der Waals surface area (Å²) in [6, 6.07) is 0. The first-order valence-corrected chi connectivity index (χ1v) is 5.88. The van der Waals surface area contributed by atoms with E-state index < -0.39 is 0 Å². The van der Waals surface area contributed by atoms with E-state index in [0.29, 0.717) is 11.3 Å². The van der Waals surface area contributed by atoms with Crippen molar-refractivity contribution >= 4 is 0 Å². The van der Waals surface area contributed by atoms with Crippen molar-refractivity contribution in [2.75, 3.05) is 0 Å². The van der Waals surface area contributed by atoms with Crippen LogP contribution in [0.25, 0.3) is 0 Å². The van der Waals surface area contributed by atoms with Gasteiger partial charge in [0.1, 0.15) is 0 Å². The van der Waals surface area contributed by atoms with E-state index in [4.69, 9.17) is 0 Å². The lowest BCUT2D eigenvalue weighted by Gasteiger charge is -2.60. The van der Waals surface area contributed by atoms with E-state index in [2.05, 4.69) is 13.8 Å². The molecule has 1 spiro atoms. The topological polar surface area (TPSA) is 20.2 Å². The molecular weight excluding hydrogens is 160 g/mol. The normalized spacial score (nSPS) is 38.1. The van der Waals surface area contributed by atoms with Crippen molar-refractivity contribution in [3.05, 3.63) is 0 Å². The molecule has 13 heavy (non-hydrogen) atoms. The zero-order valence-electron chi connectivity index (χ0n) is 8.92. The Morgan fingerprint density at radius 2 is 2.15 bits per heavy atom. The summed E-state index contributed by atoms with van der Waals surface area (Å²) in [5, 5.41) is 10.1. The molecule has 0 bridgehead atoms. The maximum absolute atomic E-state index is 10.1. The zero-order chi connectivity index (χ0) is 9.47. The van der Waals surface area contributed by atoms with Gasteiger partial charge in [0, 0.05) is 0 Å². The van der Waals surface area contributed by atoms with Crippen LogP contribution in [-0.2, 0) is 0 Å². The van der Waals surface area contributed by atoms with E-state index in [1.807, 2.05) is 0 Å². The molecule has 0 heterocycles. The Morgan fingerprint density at radius 1 is 1.46 bits per heavy atom. The number of aliphatic hydroxyl groups is 1. The van der Waals surface area contributed by atoms with E-state index >= 15 is 0 Å². The van der Waals surface area contributed by atoms with Crippen molar-refractivity contribution in [2.45, 2.75) is 58.5 Å². The first-order valence-electron chi connectivity index (χ1n) is 5.88. The Morgan fingerprint density at radius 3 is 2.54 bits per heavy atom. The molecule has 0 aliphatic heterocycles. The van der Waals surface area contributed by atoms with Gasteiger partial charge < -0.3 is 5.11 Å². The predicted molar refractivity (Wildman–Crippen MR) is 54.5 cm³/mol. The van der Waals surface area contributed by atoms with E-state index in [-0.39, 0.29) is 6.10 Å². The van der Waals surface area contributed by atoms with Gasteiger partial charge in [0.15, 0.2) is 0 Å². The number of hydrogen-bond acceptors (Lipinski definition) is 1. The van der Waals surface area contributed by atoms with Crippen LogP contribution in [0.15, 0.2) is 0 Å². The molecule has 1 nitrogen and oxygen atoms in total. The third-order valence-electron chi connectivity index (χ3n) is 4.50. The fourth-order valence-electron chi connectivity index (χ4n) is 3.31. The number of rotatable bonds is 3. The molecule has 0 radical (unpaired) electrons. The van der Waals surface area contributed by atoms with Gasteiger partial charge in [-0.05, 0) is 36.5 Å². The molecule has 2 saturated carbocycles. The Bertz CT molecular complexity index is 184. The predicted octanol–water partition coefficient (Wildman–Crippen LogP) is 2.97. The van der Waals surface area contributed by atoms with Crippen molar-refractivity contribution < 1.29 is 5.11 Å². The second kappa shape index (κ2) is 3.27. The summed E-state index contributed by atoms with van der Waals surface area (Å²) in [5.74, 6) is 1.37. The summed E-state index contributed by atoms with van der Waals surface area (Å²) in [5.41, 5.74) is 0.409. The molecule has 2 fully saturated rings. The highest BCUT2D eigenvalue weighted by molar-refractivity contribution is 5.07. The third kappa shape index (κ3) is 1.32. The molecule has 3 unspecified atom stereocenters. The second-order valence-electron chi connectivity index (χ2n) is 5.29. The van der Waals surface area contributed by atoms with Crippen LogP contribution in [0.4, 0.5) is 0 Å². The summed E-state index contributed by atoms with van der Waals surface area (Å²) in [6.45, 7) is 4.55. The van der Waals surface area contributed by atoms with Gasteiger partial charge in [-0.1, -0.05) is 33.1 Å². The van der Waals surface area contributed by atoms with Crippen LogP contribution < -0.4 is 0 Å². The molecule has 0 amide bonds. The van der Waals surface area contributed by atoms with Gasteiger partial charge in [0.25, 0.3) is 0 Å². The lowest BCUT2D eigenvalue weighted by molar-refractivity contribution is -0.179. The highest BCUT2D eigenvalue weighted by atomic mass is 16.3. The van der Waals surface area contributed by atoms with Crippen molar-refractivity contribution in [1.29, 1.82) is 0 Å². The van der Waals surface area contributed by atoms with Crippen LogP contribution in [-0.4, -0.2) is 11.2 Å². The largest absolute Gasteiger partial charge is 0.392 e. The minimum Gasteiger partial charge on any atom is -0.392 e. The lowest BCUT2D eigenvalue weighted by atomic mass is 9.47. The Kier molecular flexibility index (Phi) is 2.39. The van der Waals surface area contributed by atoms with Crippen LogP contribution in [0.2, 0.25) is 0 Å². The molecule has 1 N–H and O–H groups in total. The van der Waals surface area contributed by atoms with Gasteiger partial charge >= 0.3 is 0 Å². The van der Waals surface area contributed by atoms with Gasteiger partial charge in [-0.15, -0.1) is 0 Å². The van der Waals surface area contributed by atoms with Crippen molar-refractivity contribution in [3.63, 3.8) is 0 Å². The van der Waals surface area contributed by atoms with Gasteiger partial charge in [-0.2, -0.15) is 0 Å². The first kappa shape index (κ1) is 9.51. The molecule has 76 valence electrons. The molecule has 2 aliphatic carbocycles. The van der Waals surface area contributed by atoms with Crippen LogP contribution in [0.5, 0.6) is 0 Å². The minimum absolute atomic E-state index is 0.0443. The van der Waals surface area contributed by atoms with Gasteiger partial charge in [-0.25, -0.2) is 0 Å². The van der Waals surface area contributed by atoms with Crippen molar-refractivity contribution in [3.8, 4) is 0 Å². The number of aliphatic hydroxyl groups excluding tert-OH is 1. The van der Waals surface area contributed by atoms with Gasteiger partial charge in [0.2, 0.25) is 0 Å². The maximum Gasteiger partial charge on any atom is 0.0627 e. The van der Waals surface area contributed by atoms with Crippen molar-refractivity contribution in [1.82, 2.24) is 0 Å². The van der Waals surface area contributed by atoms with E-state index in [1.165, 1.54) is 38.5 Å². The van der Waals surface area contributed by atoms with E-state index in [0.717, 1.165) is 5.92 Å². The summed E-state index contributed by atoms with van der Waals surface area (Å²) in [7, 11) is 0. The van der Waals surface area contributed by atoms with Crippen LogP contribution in [0.1, 0.15) is 52.4 Å². The van der Waals surface area contributed by atoms with Crippen molar-refractivity contribution in [2.24, 2.45) is 17.3 Å². The molecule has 2 aliphatic rings. The summed E-state index contributed by atoms with van der Waals surface area (Å²) < 4.78 is 0. The molecule has 0 aromatic heterocycles. The lowest BCUT2D eigenvalue weighted by Crippen LogP contribution is -2.58. The first-order chi connectivity index (χ1) is 6.19. The molecule has 0 aromatic rings. The van der Waals surface area contributed by atoms with Crippen LogP contribution in [0, 0.1) is 17.3 Å². The minimum atomic E-state index is 0.0443. The molecule has 1 heteroatoms. The quantitative estimate of drug-likeness (QED) is 0.711. The Labute approximate surface area is 81.5 Å². The molecule has 2 rings (SSSR count). The van der Waals surface area contributed by atoms with Gasteiger partial charge in [0.05, 0.1) is 6.10 Å². The molecular formula is C12H22O. The maximum atomic E-state index is 10.1. The highest BCUT2D eigenvalue weighted by Gasteiger charge is 2.56. The average Bonchev–Trinajstić information content (AvgIpc) is 2.00. The SMILES string of the molecule is CCCC(C)C1CC2(CCC2)C1O. The van der Waals surface area contributed by atoms with Crippen LogP contribution in [0.3, 0.4) is 0 Å². The van der Waals surface area contributed by atoms with E-state index in [9.17, 15) is 5.11 Å². The summed E-state index contributed by atoms with van der Waals surface area (Å²) >= 11 is 0. The Balaban J connectivity index is 1.85. The smallest absolute Gasteiger partial charge is 0.0627 e. The molecule has 0 aromatic carbocycles. The number of hydrogen-bond donors (Lipinski definition) is 1. The van der Waals surface area contributed by atoms with Crippen LogP contribution >= 0.6 is 0 Å². The second-order valence-corrected chi connectivity index (χ2v) is 5.29.